The Kier molecular flexibility index (Phi) is 6.99. The third kappa shape index (κ3) is 5.41. The number of ether oxygens (including phenoxy) is 3. The minimum atomic E-state index is -0.489. The first kappa shape index (κ1) is 21.0. The average Bonchev–Trinajstić information content (AvgIpc) is 3.58. The van der Waals surface area contributed by atoms with E-state index in [9.17, 15) is 4.79 Å². The number of aryl methyl sites for hydroxylation is 1. The maximum absolute atomic E-state index is 11.7. The smallest absolute Gasteiger partial charge is 0.335 e. The van der Waals surface area contributed by atoms with Crippen LogP contribution >= 0.6 is 11.8 Å². The molecule has 2 aromatic rings. The van der Waals surface area contributed by atoms with Crippen molar-refractivity contribution in [3.8, 4) is 17.2 Å². The molecular formula is C23H25NO4S. The molecule has 1 aliphatic carbocycles. The highest BCUT2D eigenvalue weighted by molar-refractivity contribution is 8.13. The quantitative estimate of drug-likeness (QED) is 0.189. The van der Waals surface area contributed by atoms with Gasteiger partial charge in [-0.3, -0.25) is 0 Å². The Balaban J connectivity index is 1.85. The maximum Gasteiger partial charge on any atom is 0.335 e. The second-order valence-corrected chi connectivity index (χ2v) is 7.72. The number of esters is 1. The van der Waals surface area contributed by atoms with E-state index < -0.39 is 5.97 Å². The fraction of sp³-hybridized carbons (Fsp3) is 0.304. The molecule has 1 fully saturated rings. The molecule has 0 spiro atoms. The fourth-order valence-electron chi connectivity index (χ4n) is 2.90. The van der Waals surface area contributed by atoms with E-state index in [0.29, 0.717) is 17.4 Å². The average molecular weight is 412 g/mol. The summed E-state index contributed by atoms with van der Waals surface area (Å²) < 4.78 is 16.3. The maximum atomic E-state index is 11.7. The summed E-state index contributed by atoms with van der Waals surface area (Å²) in [6, 6.07) is 11.4. The highest BCUT2D eigenvalue weighted by atomic mass is 32.2. The van der Waals surface area contributed by atoms with E-state index in [4.69, 9.17) is 19.2 Å². The summed E-state index contributed by atoms with van der Waals surface area (Å²) in [5, 5.41) is 1.08. The van der Waals surface area contributed by atoms with Crippen molar-refractivity contribution in [1.29, 1.82) is 0 Å². The monoisotopic (exact) mass is 411 g/mol. The largest absolute Gasteiger partial charge is 0.497 e. The molecule has 0 aromatic heterocycles. The Morgan fingerprint density at radius 2 is 1.90 bits per heavy atom. The molecule has 0 radical (unpaired) electrons. The Labute approximate surface area is 175 Å². The molecule has 0 saturated heterocycles. The van der Waals surface area contributed by atoms with Crippen molar-refractivity contribution in [2.24, 2.45) is 10.9 Å². The van der Waals surface area contributed by atoms with Crippen molar-refractivity contribution < 1.29 is 19.0 Å². The molecule has 0 amide bonds. The van der Waals surface area contributed by atoms with Gasteiger partial charge < -0.3 is 14.2 Å². The van der Waals surface area contributed by atoms with Crippen LogP contribution in [0.3, 0.4) is 0 Å². The van der Waals surface area contributed by atoms with E-state index in [1.807, 2.05) is 37.3 Å². The van der Waals surface area contributed by atoms with Crippen LogP contribution < -0.4 is 14.2 Å². The number of rotatable bonds is 8. The van der Waals surface area contributed by atoms with E-state index in [1.165, 1.54) is 0 Å². The van der Waals surface area contributed by atoms with Gasteiger partial charge in [-0.1, -0.05) is 12.6 Å². The molecule has 6 heteroatoms. The lowest BCUT2D eigenvalue weighted by Gasteiger charge is -2.16. The molecule has 0 heterocycles. The fourth-order valence-corrected chi connectivity index (χ4v) is 4.10. The van der Waals surface area contributed by atoms with Crippen molar-refractivity contribution in [3.05, 3.63) is 60.2 Å². The predicted octanol–water partition coefficient (Wildman–Crippen LogP) is 5.48. The molecule has 0 aliphatic heterocycles. The van der Waals surface area contributed by atoms with E-state index in [1.54, 1.807) is 32.0 Å². The normalized spacial score (nSPS) is 13.7. The summed E-state index contributed by atoms with van der Waals surface area (Å²) in [5.41, 5.74) is 2.73. The SMILES string of the molecule is C=CC(=O)Oc1ccc(C)c(OC)c1CSC(=Nc1ccc(OC)cc1)C1CC1. The van der Waals surface area contributed by atoms with Gasteiger partial charge in [0.25, 0.3) is 0 Å². The molecule has 0 bridgehead atoms. The second kappa shape index (κ2) is 9.65. The van der Waals surface area contributed by atoms with Crippen molar-refractivity contribution in [2.75, 3.05) is 14.2 Å². The van der Waals surface area contributed by atoms with Gasteiger partial charge >= 0.3 is 5.97 Å². The van der Waals surface area contributed by atoms with Crippen LogP contribution in [0.1, 0.15) is 24.0 Å². The van der Waals surface area contributed by atoms with Crippen molar-refractivity contribution in [2.45, 2.75) is 25.5 Å². The number of carbonyl (C=O) groups excluding carboxylic acids is 1. The number of aliphatic imine (C=N–C) groups is 1. The lowest BCUT2D eigenvalue weighted by molar-refractivity contribution is -0.129. The summed E-state index contributed by atoms with van der Waals surface area (Å²) in [5.74, 6) is 2.61. The summed E-state index contributed by atoms with van der Waals surface area (Å²) in [6.07, 6.45) is 3.44. The molecule has 152 valence electrons. The Morgan fingerprint density at radius 1 is 1.17 bits per heavy atom. The van der Waals surface area contributed by atoms with Gasteiger partial charge in [0.1, 0.15) is 17.2 Å². The van der Waals surface area contributed by atoms with Crippen LogP contribution in [0, 0.1) is 12.8 Å². The van der Waals surface area contributed by atoms with Crippen molar-refractivity contribution in [1.82, 2.24) is 0 Å². The highest BCUT2D eigenvalue weighted by Crippen LogP contribution is 2.41. The van der Waals surface area contributed by atoms with Crippen molar-refractivity contribution >= 4 is 28.5 Å². The van der Waals surface area contributed by atoms with E-state index >= 15 is 0 Å². The van der Waals surface area contributed by atoms with Gasteiger partial charge in [0.15, 0.2) is 0 Å². The molecule has 0 unspecified atom stereocenters. The second-order valence-electron chi connectivity index (χ2n) is 6.73. The molecular weight excluding hydrogens is 386 g/mol. The number of methoxy groups -OCH3 is 2. The number of hydrogen-bond donors (Lipinski definition) is 0. The van der Waals surface area contributed by atoms with Crippen LogP contribution in [0.4, 0.5) is 5.69 Å². The van der Waals surface area contributed by atoms with Crippen LogP contribution in [0.5, 0.6) is 17.2 Å². The summed E-state index contributed by atoms with van der Waals surface area (Å²) in [4.78, 5) is 16.6. The number of thioether (sulfide) groups is 1. The first-order valence-electron chi connectivity index (χ1n) is 9.41. The molecule has 1 aliphatic rings. The number of carbonyl (C=O) groups is 1. The van der Waals surface area contributed by atoms with E-state index in [0.717, 1.165) is 52.3 Å². The highest BCUT2D eigenvalue weighted by Gasteiger charge is 2.29. The van der Waals surface area contributed by atoms with E-state index in [-0.39, 0.29) is 0 Å². The zero-order valence-corrected chi connectivity index (χ0v) is 17.8. The predicted molar refractivity (Wildman–Crippen MR) is 118 cm³/mol. The molecule has 2 aromatic carbocycles. The number of benzene rings is 2. The molecule has 0 N–H and O–H groups in total. The van der Waals surface area contributed by atoms with Crippen LogP contribution in [0.15, 0.2) is 54.0 Å². The van der Waals surface area contributed by atoms with Gasteiger partial charge in [-0.25, -0.2) is 9.79 Å². The third-order valence-electron chi connectivity index (χ3n) is 4.60. The van der Waals surface area contributed by atoms with Gasteiger partial charge in [-0.15, -0.1) is 11.8 Å². The zero-order valence-electron chi connectivity index (χ0n) is 16.9. The zero-order chi connectivity index (χ0) is 20.8. The molecule has 3 rings (SSSR count). The van der Waals surface area contributed by atoms with Crippen LogP contribution in [-0.2, 0) is 10.5 Å². The first-order chi connectivity index (χ1) is 14.0. The summed E-state index contributed by atoms with van der Waals surface area (Å²) >= 11 is 1.66. The van der Waals surface area contributed by atoms with Gasteiger partial charge in [-0.2, -0.15) is 0 Å². The first-order valence-corrected chi connectivity index (χ1v) is 10.4. The molecule has 29 heavy (non-hydrogen) atoms. The summed E-state index contributed by atoms with van der Waals surface area (Å²) in [6.45, 7) is 5.44. The minimum absolute atomic E-state index is 0.483. The molecule has 1 saturated carbocycles. The Bertz CT molecular complexity index is 917. The minimum Gasteiger partial charge on any atom is -0.497 e. The van der Waals surface area contributed by atoms with E-state index in [2.05, 4.69) is 6.58 Å². The van der Waals surface area contributed by atoms with Crippen molar-refractivity contribution in [3.63, 3.8) is 0 Å². The lowest BCUT2D eigenvalue weighted by Crippen LogP contribution is -2.07. The molecule has 5 nitrogen and oxygen atoms in total. The standard InChI is InChI=1S/C23H25NO4S/c1-5-21(25)28-20-13-6-15(2)22(27-4)19(20)14-29-23(16-7-8-16)24-17-9-11-18(26-3)12-10-17/h5-6,9-13,16H,1,7-8,14H2,2-4H3. The third-order valence-corrected chi connectivity index (χ3v) is 5.75. The number of nitrogens with zero attached hydrogens (tertiary/aromatic N) is 1. The Hall–Kier alpha value is -2.73. The van der Waals surface area contributed by atoms with Gasteiger partial charge in [0.2, 0.25) is 0 Å². The summed E-state index contributed by atoms with van der Waals surface area (Å²) in [7, 11) is 3.28. The number of hydrogen-bond acceptors (Lipinski definition) is 6. The lowest BCUT2D eigenvalue weighted by atomic mass is 10.1. The van der Waals surface area contributed by atoms with Crippen LogP contribution in [0.2, 0.25) is 0 Å². The van der Waals surface area contributed by atoms with Gasteiger partial charge in [0.05, 0.1) is 25.0 Å². The van der Waals surface area contributed by atoms with Gasteiger partial charge in [0, 0.05) is 23.3 Å². The Morgan fingerprint density at radius 3 is 2.48 bits per heavy atom. The van der Waals surface area contributed by atoms with Gasteiger partial charge in [-0.05, 0) is 55.7 Å². The topological polar surface area (TPSA) is 57.1 Å². The van der Waals surface area contributed by atoms with Crippen LogP contribution in [0.25, 0.3) is 0 Å². The molecule has 0 atom stereocenters. The van der Waals surface area contributed by atoms with Crippen LogP contribution in [-0.4, -0.2) is 25.2 Å².